The number of halogens is 1. The van der Waals surface area contributed by atoms with Crippen LogP contribution < -0.4 is 5.73 Å². The highest BCUT2D eigenvalue weighted by Gasteiger charge is 2.02. The lowest BCUT2D eigenvalue weighted by Crippen LogP contribution is -1.92. The quantitative estimate of drug-likeness (QED) is 0.830. The predicted molar refractivity (Wildman–Crippen MR) is 62.4 cm³/mol. The van der Waals surface area contributed by atoms with Gasteiger partial charge in [-0.3, -0.25) is 4.98 Å². The minimum atomic E-state index is -0.327. The molecule has 0 fully saturated rings. The maximum Gasteiger partial charge on any atom is 0.141 e. The van der Waals surface area contributed by atoms with Crippen molar-refractivity contribution in [2.45, 2.75) is 10.8 Å². The van der Waals surface area contributed by atoms with E-state index >= 15 is 0 Å². The first kappa shape index (κ1) is 10.9. The molecule has 0 aliphatic rings. The van der Waals surface area contributed by atoms with E-state index < -0.39 is 0 Å². The normalized spacial score (nSPS) is 10.3. The van der Waals surface area contributed by atoms with E-state index in [1.54, 1.807) is 24.5 Å². The average molecular weight is 235 g/mol. The number of pyridine rings is 2. The molecular formula is C11H10FN3S. The van der Waals surface area contributed by atoms with Gasteiger partial charge in [0.05, 0.1) is 11.9 Å². The Morgan fingerprint density at radius 1 is 1.38 bits per heavy atom. The maximum absolute atomic E-state index is 12.9. The Labute approximate surface area is 96.9 Å². The van der Waals surface area contributed by atoms with Crippen molar-refractivity contribution in [3.63, 3.8) is 0 Å². The van der Waals surface area contributed by atoms with Crippen LogP contribution in [0.4, 0.5) is 10.1 Å². The Bertz CT molecular complexity index is 490. The Kier molecular flexibility index (Phi) is 3.36. The van der Waals surface area contributed by atoms with Gasteiger partial charge < -0.3 is 5.73 Å². The Balaban J connectivity index is 2.05. The second kappa shape index (κ2) is 4.94. The number of hydrogen-bond donors (Lipinski definition) is 1. The molecule has 0 atom stereocenters. The van der Waals surface area contributed by atoms with Crippen molar-refractivity contribution in [3.8, 4) is 0 Å². The van der Waals surface area contributed by atoms with E-state index in [1.165, 1.54) is 24.0 Å². The third-order valence-corrected chi connectivity index (χ3v) is 3.03. The third kappa shape index (κ3) is 2.70. The van der Waals surface area contributed by atoms with Crippen LogP contribution in [0.5, 0.6) is 0 Å². The van der Waals surface area contributed by atoms with Crippen molar-refractivity contribution < 1.29 is 4.39 Å². The molecule has 82 valence electrons. The lowest BCUT2D eigenvalue weighted by atomic mass is 10.3. The standard InChI is InChI=1S/C11H10FN3S/c12-9-4-8(5-14-6-9)7-16-11-10(13)2-1-3-15-11/h1-6H,7,13H2. The van der Waals surface area contributed by atoms with Crippen LogP contribution >= 0.6 is 11.8 Å². The van der Waals surface area contributed by atoms with Gasteiger partial charge in [0.1, 0.15) is 10.8 Å². The summed E-state index contributed by atoms with van der Waals surface area (Å²) in [7, 11) is 0. The molecule has 2 rings (SSSR count). The highest BCUT2D eigenvalue weighted by molar-refractivity contribution is 7.98. The fraction of sp³-hybridized carbons (Fsp3) is 0.0909. The Morgan fingerprint density at radius 2 is 2.25 bits per heavy atom. The molecular weight excluding hydrogens is 225 g/mol. The van der Waals surface area contributed by atoms with Crippen LogP contribution in [-0.2, 0) is 5.75 Å². The largest absolute Gasteiger partial charge is 0.397 e. The molecule has 2 heterocycles. The highest BCUT2D eigenvalue weighted by atomic mass is 32.2. The molecule has 0 bridgehead atoms. The SMILES string of the molecule is Nc1cccnc1SCc1cncc(F)c1. The van der Waals surface area contributed by atoms with Crippen LogP contribution in [0.1, 0.15) is 5.56 Å². The van der Waals surface area contributed by atoms with Gasteiger partial charge in [0.2, 0.25) is 0 Å². The molecule has 3 nitrogen and oxygen atoms in total. The van der Waals surface area contributed by atoms with Crippen molar-refractivity contribution in [1.82, 2.24) is 9.97 Å². The fourth-order valence-electron chi connectivity index (χ4n) is 1.21. The van der Waals surface area contributed by atoms with E-state index in [0.717, 1.165) is 10.6 Å². The van der Waals surface area contributed by atoms with Gasteiger partial charge in [-0.2, -0.15) is 0 Å². The molecule has 2 aromatic rings. The lowest BCUT2D eigenvalue weighted by molar-refractivity contribution is 0.619. The van der Waals surface area contributed by atoms with Gasteiger partial charge in [-0.05, 0) is 23.8 Å². The van der Waals surface area contributed by atoms with Gasteiger partial charge in [-0.15, -0.1) is 0 Å². The molecule has 0 aliphatic heterocycles. The molecule has 2 N–H and O–H groups in total. The predicted octanol–water partition coefficient (Wildman–Crippen LogP) is 2.49. The summed E-state index contributed by atoms with van der Waals surface area (Å²) in [6, 6.07) is 5.03. The number of thioether (sulfide) groups is 1. The number of hydrogen-bond acceptors (Lipinski definition) is 4. The number of nitrogens with two attached hydrogens (primary N) is 1. The zero-order valence-electron chi connectivity index (χ0n) is 8.43. The van der Waals surface area contributed by atoms with E-state index in [-0.39, 0.29) is 5.82 Å². The number of nitrogen functional groups attached to an aromatic ring is 1. The highest BCUT2D eigenvalue weighted by Crippen LogP contribution is 2.25. The molecule has 0 aromatic carbocycles. The minimum absolute atomic E-state index is 0.327. The summed E-state index contributed by atoms with van der Waals surface area (Å²) in [6.07, 6.45) is 4.50. The molecule has 0 amide bonds. The van der Waals surface area contributed by atoms with Crippen LogP contribution in [0.25, 0.3) is 0 Å². The van der Waals surface area contributed by atoms with Gasteiger partial charge >= 0.3 is 0 Å². The van der Waals surface area contributed by atoms with Gasteiger partial charge in [-0.1, -0.05) is 11.8 Å². The van der Waals surface area contributed by atoms with Crippen molar-refractivity contribution in [1.29, 1.82) is 0 Å². The van der Waals surface area contributed by atoms with Crippen LogP contribution in [-0.4, -0.2) is 9.97 Å². The zero-order chi connectivity index (χ0) is 11.4. The van der Waals surface area contributed by atoms with Gasteiger partial charge in [0.15, 0.2) is 0 Å². The molecule has 0 aliphatic carbocycles. The fourth-order valence-corrected chi connectivity index (χ4v) is 2.04. The summed E-state index contributed by atoms with van der Waals surface area (Å²) in [5.74, 6) is 0.276. The zero-order valence-corrected chi connectivity index (χ0v) is 9.25. The van der Waals surface area contributed by atoms with Gasteiger partial charge in [-0.25, -0.2) is 9.37 Å². The van der Waals surface area contributed by atoms with Crippen molar-refractivity contribution in [2.24, 2.45) is 0 Å². The molecule has 5 heteroatoms. The van der Waals surface area contributed by atoms with Crippen LogP contribution in [0.3, 0.4) is 0 Å². The molecule has 0 saturated heterocycles. The van der Waals surface area contributed by atoms with Crippen LogP contribution in [0, 0.1) is 5.82 Å². The monoisotopic (exact) mass is 235 g/mol. The van der Waals surface area contributed by atoms with Crippen molar-refractivity contribution in [2.75, 3.05) is 5.73 Å². The molecule has 0 saturated carbocycles. The molecule has 0 spiro atoms. The summed E-state index contributed by atoms with van der Waals surface area (Å²) < 4.78 is 12.9. The molecule has 0 radical (unpaired) electrons. The summed E-state index contributed by atoms with van der Waals surface area (Å²) in [5.41, 5.74) is 7.19. The van der Waals surface area contributed by atoms with Crippen LogP contribution in [0.2, 0.25) is 0 Å². The van der Waals surface area contributed by atoms with Gasteiger partial charge in [0, 0.05) is 18.1 Å². The number of rotatable bonds is 3. The number of aromatic nitrogens is 2. The van der Waals surface area contributed by atoms with E-state index in [0.29, 0.717) is 11.4 Å². The number of nitrogens with zero attached hydrogens (tertiary/aromatic N) is 2. The third-order valence-electron chi connectivity index (χ3n) is 1.94. The molecule has 2 aromatic heterocycles. The summed E-state index contributed by atoms with van der Waals surface area (Å²) >= 11 is 1.47. The first-order valence-electron chi connectivity index (χ1n) is 4.68. The van der Waals surface area contributed by atoms with Crippen LogP contribution in [0.15, 0.2) is 41.8 Å². The molecule has 0 unspecified atom stereocenters. The molecule has 16 heavy (non-hydrogen) atoms. The van der Waals surface area contributed by atoms with E-state index in [1.807, 2.05) is 0 Å². The summed E-state index contributed by atoms with van der Waals surface area (Å²) in [6.45, 7) is 0. The first-order chi connectivity index (χ1) is 7.75. The smallest absolute Gasteiger partial charge is 0.141 e. The minimum Gasteiger partial charge on any atom is -0.397 e. The van der Waals surface area contributed by atoms with E-state index in [9.17, 15) is 4.39 Å². The lowest BCUT2D eigenvalue weighted by Gasteiger charge is -2.03. The Hall–Kier alpha value is -1.62. The summed E-state index contributed by atoms with van der Waals surface area (Å²) in [4.78, 5) is 7.92. The van der Waals surface area contributed by atoms with E-state index in [2.05, 4.69) is 9.97 Å². The second-order valence-corrected chi connectivity index (χ2v) is 4.16. The first-order valence-corrected chi connectivity index (χ1v) is 5.67. The average Bonchev–Trinajstić information content (AvgIpc) is 2.28. The second-order valence-electron chi connectivity index (χ2n) is 3.20. The summed E-state index contributed by atoms with van der Waals surface area (Å²) in [5, 5.41) is 0.756. The van der Waals surface area contributed by atoms with Gasteiger partial charge in [0.25, 0.3) is 0 Å². The Morgan fingerprint density at radius 3 is 3.00 bits per heavy atom. The van der Waals surface area contributed by atoms with Crippen molar-refractivity contribution >= 4 is 17.4 Å². The van der Waals surface area contributed by atoms with E-state index in [4.69, 9.17) is 5.73 Å². The van der Waals surface area contributed by atoms with Crippen molar-refractivity contribution in [3.05, 3.63) is 48.2 Å². The maximum atomic E-state index is 12.9. The topological polar surface area (TPSA) is 51.8 Å². The number of anilines is 1.